The van der Waals surface area contributed by atoms with E-state index in [0.717, 1.165) is 6.07 Å². The van der Waals surface area contributed by atoms with Crippen LogP contribution >= 0.6 is 0 Å². The number of carbonyl (C=O) groups excluding carboxylic acids is 1. The predicted molar refractivity (Wildman–Crippen MR) is 111 cm³/mol. The average molecular weight is 472 g/mol. The minimum Gasteiger partial charge on any atom is -0.493 e. The molecule has 0 aromatic heterocycles. The van der Waals surface area contributed by atoms with Gasteiger partial charge in [0.25, 0.3) is 0 Å². The average Bonchev–Trinajstić information content (AvgIpc) is 2.78. The van der Waals surface area contributed by atoms with Crippen LogP contribution in [0.5, 0.6) is 11.5 Å². The van der Waals surface area contributed by atoms with Gasteiger partial charge < -0.3 is 14.8 Å². The van der Waals surface area contributed by atoms with Crippen LogP contribution in [0, 0.1) is 5.92 Å². The molecule has 0 bridgehead atoms. The number of sulfonamides is 1. The molecular weight excluding hydrogens is 449 g/mol. The van der Waals surface area contributed by atoms with E-state index in [2.05, 4.69) is 5.32 Å². The zero-order chi connectivity index (χ0) is 23.5. The molecule has 0 saturated carbocycles. The zero-order valence-corrected chi connectivity index (χ0v) is 18.3. The van der Waals surface area contributed by atoms with E-state index in [0.29, 0.717) is 5.75 Å². The van der Waals surface area contributed by atoms with Crippen molar-refractivity contribution >= 4 is 21.6 Å². The standard InChI is InChI=1S/C21H23F3N2O5S/c1-30-18-8-7-15(13-19(18)31-2)32(28,29)26-11-9-14(10-12-26)20(27)25-17-6-4-3-5-16(17)21(22,23)24/h3-8,13-14H,9-12H2,1-2H3,(H,25,27). The summed E-state index contributed by atoms with van der Waals surface area (Å²) in [7, 11) is -0.999. The first-order chi connectivity index (χ1) is 15.1. The van der Waals surface area contributed by atoms with Crippen molar-refractivity contribution in [2.24, 2.45) is 5.92 Å². The summed E-state index contributed by atoms with van der Waals surface area (Å²) < 4.78 is 76.9. The summed E-state index contributed by atoms with van der Waals surface area (Å²) in [6.45, 7) is 0.130. The Morgan fingerprint density at radius 2 is 1.66 bits per heavy atom. The smallest absolute Gasteiger partial charge is 0.418 e. The lowest BCUT2D eigenvalue weighted by Gasteiger charge is -2.30. The number of methoxy groups -OCH3 is 2. The molecule has 0 atom stereocenters. The highest BCUT2D eigenvalue weighted by Crippen LogP contribution is 2.35. The first kappa shape index (κ1) is 23.9. The van der Waals surface area contributed by atoms with Gasteiger partial charge >= 0.3 is 6.18 Å². The number of anilines is 1. The first-order valence-electron chi connectivity index (χ1n) is 9.77. The number of piperidine rings is 1. The van der Waals surface area contributed by atoms with Gasteiger partial charge in [-0.05, 0) is 37.1 Å². The zero-order valence-electron chi connectivity index (χ0n) is 17.5. The third kappa shape index (κ3) is 4.99. The van der Waals surface area contributed by atoms with Crippen LogP contribution in [-0.2, 0) is 21.0 Å². The summed E-state index contributed by atoms with van der Waals surface area (Å²) >= 11 is 0. The summed E-state index contributed by atoms with van der Waals surface area (Å²) in [5.74, 6) is -0.509. The Balaban J connectivity index is 1.68. The second-order valence-electron chi connectivity index (χ2n) is 7.23. The van der Waals surface area contributed by atoms with E-state index in [1.807, 2.05) is 0 Å². The van der Waals surface area contributed by atoms with Gasteiger partial charge in [-0.25, -0.2) is 8.42 Å². The molecule has 1 N–H and O–H groups in total. The van der Waals surface area contributed by atoms with Crippen LogP contribution in [0.3, 0.4) is 0 Å². The van der Waals surface area contributed by atoms with Gasteiger partial charge in [0.15, 0.2) is 11.5 Å². The van der Waals surface area contributed by atoms with Crippen LogP contribution in [0.4, 0.5) is 18.9 Å². The highest BCUT2D eigenvalue weighted by Gasteiger charge is 2.36. The maximum Gasteiger partial charge on any atom is 0.418 e. The molecule has 2 aromatic rings. The summed E-state index contributed by atoms with van der Waals surface area (Å²) in [6.07, 6.45) is -4.22. The summed E-state index contributed by atoms with van der Waals surface area (Å²) in [6, 6.07) is 9.00. The van der Waals surface area contributed by atoms with Crippen molar-refractivity contribution in [2.45, 2.75) is 23.9 Å². The molecule has 11 heteroatoms. The normalized spacial score (nSPS) is 15.9. The fourth-order valence-corrected chi connectivity index (χ4v) is 5.04. The molecule has 1 saturated heterocycles. The van der Waals surface area contributed by atoms with Crippen molar-refractivity contribution in [1.82, 2.24) is 4.31 Å². The Labute approximate surface area is 184 Å². The fourth-order valence-electron chi connectivity index (χ4n) is 3.56. The lowest BCUT2D eigenvalue weighted by Crippen LogP contribution is -2.41. The predicted octanol–water partition coefficient (Wildman–Crippen LogP) is 3.76. The number of hydrogen-bond donors (Lipinski definition) is 1. The number of carbonyl (C=O) groups is 1. The van der Waals surface area contributed by atoms with Crippen molar-refractivity contribution in [2.75, 3.05) is 32.6 Å². The number of nitrogens with zero attached hydrogens (tertiary/aromatic N) is 1. The van der Waals surface area contributed by atoms with Gasteiger partial charge in [0.2, 0.25) is 15.9 Å². The van der Waals surface area contributed by atoms with Gasteiger partial charge in [-0.1, -0.05) is 12.1 Å². The Bertz CT molecular complexity index is 1080. The molecule has 2 aromatic carbocycles. The van der Waals surface area contributed by atoms with Crippen molar-refractivity contribution in [3.05, 3.63) is 48.0 Å². The van der Waals surface area contributed by atoms with E-state index in [9.17, 15) is 26.4 Å². The quantitative estimate of drug-likeness (QED) is 0.692. The number of alkyl halides is 3. The van der Waals surface area contributed by atoms with Gasteiger partial charge in [-0.2, -0.15) is 17.5 Å². The van der Waals surface area contributed by atoms with Crippen LogP contribution in [0.15, 0.2) is 47.4 Å². The molecule has 0 radical (unpaired) electrons. The van der Waals surface area contributed by atoms with Gasteiger partial charge in [0.05, 0.1) is 30.4 Å². The first-order valence-corrected chi connectivity index (χ1v) is 11.2. The molecule has 1 amide bonds. The molecule has 0 unspecified atom stereocenters. The molecule has 1 fully saturated rings. The van der Waals surface area contributed by atoms with Crippen LogP contribution in [0.25, 0.3) is 0 Å². The van der Waals surface area contributed by atoms with Gasteiger partial charge in [-0.3, -0.25) is 4.79 Å². The van der Waals surface area contributed by atoms with Crippen LogP contribution in [0.2, 0.25) is 0 Å². The van der Waals surface area contributed by atoms with Crippen molar-refractivity contribution < 1.29 is 35.9 Å². The minimum absolute atomic E-state index is 0.0251. The van der Waals surface area contributed by atoms with E-state index in [-0.39, 0.29) is 42.3 Å². The maximum atomic E-state index is 13.1. The van der Waals surface area contributed by atoms with Gasteiger partial charge in [0, 0.05) is 25.1 Å². The lowest BCUT2D eigenvalue weighted by molar-refractivity contribution is -0.137. The second kappa shape index (κ2) is 9.37. The Hall–Kier alpha value is -2.79. The largest absolute Gasteiger partial charge is 0.493 e. The number of benzene rings is 2. The molecule has 174 valence electrons. The maximum absolute atomic E-state index is 13.1. The van der Waals surface area contributed by atoms with Crippen LogP contribution in [-0.4, -0.2) is 45.9 Å². The number of rotatable bonds is 6. The molecule has 32 heavy (non-hydrogen) atoms. The van der Waals surface area contributed by atoms with Crippen LogP contribution in [0.1, 0.15) is 18.4 Å². The summed E-state index contributed by atoms with van der Waals surface area (Å²) in [4.78, 5) is 12.6. The number of ether oxygens (including phenoxy) is 2. The number of amides is 1. The molecule has 7 nitrogen and oxygen atoms in total. The Kier molecular flexibility index (Phi) is 6.99. The molecule has 0 spiro atoms. The Morgan fingerprint density at radius 3 is 2.25 bits per heavy atom. The highest BCUT2D eigenvalue weighted by molar-refractivity contribution is 7.89. The SMILES string of the molecule is COc1ccc(S(=O)(=O)N2CCC(C(=O)Nc3ccccc3C(F)(F)F)CC2)cc1OC. The summed E-state index contributed by atoms with van der Waals surface area (Å²) in [5.41, 5.74) is -1.24. The molecule has 3 rings (SSSR count). The van der Waals surface area contributed by atoms with Crippen LogP contribution < -0.4 is 14.8 Å². The third-order valence-corrected chi connectivity index (χ3v) is 7.20. The highest BCUT2D eigenvalue weighted by atomic mass is 32.2. The number of halogens is 3. The van der Waals surface area contributed by atoms with E-state index in [1.165, 1.54) is 54.9 Å². The topological polar surface area (TPSA) is 84.9 Å². The molecule has 1 aliphatic rings. The third-order valence-electron chi connectivity index (χ3n) is 5.31. The van der Waals surface area contributed by atoms with E-state index in [1.54, 1.807) is 0 Å². The van der Waals surface area contributed by atoms with Crippen molar-refractivity contribution in [1.29, 1.82) is 0 Å². The number of hydrogen-bond acceptors (Lipinski definition) is 5. The molecular formula is C21H23F3N2O5S. The van der Waals surface area contributed by atoms with E-state index in [4.69, 9.17) is 9.47 Å². The number of para-hydroxylation sites is 1. The lowest BCUT2D eigenvalue weighted by atomic mass is 9.97. The van der Waals surface area contributed by atoms with Crippen molar-refractivity contribution in [3.63, 3.8) is 0 Å². The van der Waals surface area contributed by atoms with Gasteiger partial charge in [-0.15, -0.1) is 0 Å². The van der Waals surface area contributed by atoms with E-state index >= 15 is 0 Å². The molecule has 1 aliphatic heterocycles. The molecule has 1 heterocycles. The van der Waals surface area contributed by atoms with Crippen molar-refractivity contribution in [3.8, 4) is 11.5 Å². The summed E-state index contributed by atoms with van der Waals surface area (Å²) in [5, 5.41) is 2.34. The minimum atomic E-state index is -4.60. The molecule has 0 aliphatic carbocycles. The van der Waals surface area contributed by atoms with E-state index < -0.39 is 33.6 Å². The fraction of sp³-hybridized carbons (Fsp3) is 0.381. The van der Waals surface area contributed by atoms with Gasteiger partial charge in [0.1, 0.15) is 0 Å². The monoisotopic (exact) mass is 472 g/mol. The second-order valence-corrected chi connectivity index (χ2v) is 9.17. The Morgan fingerprint density at radius 1 is 1.03 bits per heavy atom. The number of nitrogens with one attached hydrogen (secondary N) is 1.